The fourth-order valence-electron chi connectivity index (χ4n) is 3.55. The first-order valence-electron chi connectivity index (χ1n) is 9.98. The number of hydrogen-bond acceptors (Lipinski definition) is 3. The smallest absolute Gasteiger partial charge is 0.198 e. The number of unbranched alkanes of at least 4 members (excludes halogenated alkanes) is 3. The maximum absolute atomic E-state index is 12.1. The number of hydrogen-bond donors (Lipinski definition) is 2. The van der Waals surface area contributed by atoms with E-state index in [9.17, 15) is 15.0 Å². The van der Waals surface area contributed by atoms with Crippen LogP contribution < -0.4 is 0 Å². The van der Waals surface area contributed by atoms with Crippen molar-refractivity contribution in [2.24, 2.45) is 5.92 Å². The van der Waals surface area contributed by atoms with Crippen molar-refractivity contribution in [1.29, 1.82) is 0 Å². The van der Waals surface area contributed by atoms with Crippen LogP contribution in [0.2, 0.25) is 0 Å². The molecule has 3 heteroatoms. The van der Waals surface area contributed by atoms with E-state index in [1.807, 2.05) is 24.3 Å². The minimum atomic E-state index is -0.496. The van der Waals surface area contributed by atoms with Crippen LogP contribution in [0.3, 0.4) is 0 Å². The standard InChI is InChI=1S/C23H32O3/c1-3-5-7-9-11-19-16-21(25)23(26)22(19)18-13-10-12-17(15-18)20(24)14-8-6-4-2/h7,9-10,12-13,15,19-20,24,26H,3-6,8,11,14,16H2,1-2H3/b9-7-/t19-,20?/m0/s1. The van der Waals surface area contributed by atoms with Gasteiger partial charge in [-0.1, -0.05) is 69.9 Å². The summed E-state index contributed by atoms with van der Waals surface area (Å²) in [4.78, 5) is 12.1. The van der Waals surface area contributed by atoms with Gasteiger partial charge in [-0.05, 0) is 42.4 Å². The van der Waals surface area contributed by atoms with Gasteiger partial charge >= 0.3 is 0 Å². The van der Waals surface area contributed by atoms with Gasteiger partial charge < -0.3 is 10.2 Å². The molecule has 1 aromatic carbocycles. The quantitative estimate of drug-likeness (QED) is 0.405. The minimum absolute atomic E-state index is 0.0168. The second-order valence-corrected chi connectivity index (χ2v) is 7.22. The van der Waals surface area contributed by atoms with E-state index in [1.165, 1.54) is 0 Å². The van der Waals surface area contributed by atoms with E-state index in [-0.39, 0.29) is 17.5 Å². The molecule has 0 heterocycles. The molecule has 1 aromatic rings. The van der Waals surface area contributed by atoms with Crippen molar-refractivity contribution in [3.63, 3.8) is 0 Å². The molecule has 0 spiro atoms. The first kappa shape index (κ1) is 20.4. The summed E-state index contributed by atoms with van der Waals surface area (Å²) >= 11 is 0. The number of carbonyl (C=O) groups excluding carboxylic acids is 1. The maximum atomic E-state index is 12.1. The zero-order chi connectivity index (χ0) is 18.9. The predicted octanol–water partition coefficient (Wildman–Crippen LogP) is 5.90. The molecule has 1 aliphatic carbocycles. The van der Waals surface area contributed by atoms with Gasteiger partial charge in [0.2, 0.25) is 0 Å². The van der Waals surface area contributed by atoms with E-state index < -0.39 is 6.10 Å². The highest BCUT2D eigenvalue weighted by Gasteiger charge is 2.32. The molecule has 0 aliphatic heterocycles. The number of rotatable bonds is 10. The summed E-state index contributed by atoms with van der Waals surface area (Å²) in [7, 11) is 0. The van der Waals surface area contributed by atoms with Crippen LogP contribution in [0.1, 0.15) is 82.4 Å². The number of allylic oxidation sites excluding steroid dienone is 4. The third kappa shape index (κ3) is 5.31. The zero-order valence-electron chi connectivity index (χ0n) is 16.1. The van der Waals surface area contributed by atoms with E-state index in [0.29, 0.717) is 6.42 Å². The second-order valence-electron chi connectivity index (χ2n) is 7.22. The lowest BCUT2D eigenvalue weighted by Crippen LogP contribution is -2.02. The van der Waals surface area contributed by atoms with Crippen LogP contribution in [0.4, 0.5) is 0 Å². The van der Waals surface area contributed by atoms with Crippen LogP contribution in [-0.2, 0) is 4.79 Å². The summed E-state index contributed by atoms with van der Waals surface area (Å²) in [5, 5.41) is 20.8. The molecule has 1 aliphatic rings. The normalized spacial score (nSPS) is 18.9. The van der Waals surface area contributed by atoms with Crippen LogP contribution in [0.5, 0.6) is 0 Å². The Kier molecular flexibility index (Phi) is 8.11. The largest absolute Gasteiger partial charge is 0.504 e. The third-order valence-corrected chi connectivity index (χ3v) is 5.07. The van der Waals surface area contributed by atoms with Gasteiger partial charge in [0.25, 0.3) is 0 Å². The van der Waals surface area contributed by atoms with Crippen molar-refractivity contribution in [2.75, 3.05) is 0 Å². The summed E-state index contributed by atoms with van der Waals surface area (Å²) < 4.78 is 0. The molecule has 0 fully saturated rings. The van der Waals surface area contributed by atoms with Gasteiger partial charge in [0.15, 0.2) is 11.5 Å². The van der Waals surface area contributed by atoms with Gasteiger partial charge in [-0.3, -0.25) is 4.79 Å². The van der Waals surface area contributed by atoms with Crippen LogP contribution in [0, 0.1) is 5.92 Å². The molecule has 0 amide bonds. The first-order valence-corrected chi connectivity index (χ1v) is 9.98. The van der Waals surface area contributed by atoms with Gasteiger partial charge in [-0.15, -0.1) is 0 Å². The Morgan fingerprint density at radius 2 is 2.00 bits per heavy atom. The van der Waals surface area contributed by atoms with Gasteiger partial charge in [-0.2, -0.15) is 0 Å². The summed E-state index contributed by atoms with van der Waals surface area (Å²) in [5.74, 6) is -0.262. The molecule has 0 saturated heterocycles. The molecule has 2 N–H and O–H groups in total. The molecule has 3 nitrogen and oxygen atoms in total. The number of aliphatic hydroxyl groups is 2. The van der Waals surface area contributed by atoms with Gasteiger partial charge in [0.05, 0.1) is 6.10 Å². The van der Waals surface area contributed by atoms with E-state index in [0.717, 1.165) is 61.6 Å². The number of aliphatic hydroxyl groups excluding tert-OH is 2. The lowest BCUT2D eigenvalue weighted by Gasteiger charge is -2.16. The average Bonchev–Trinajstić information content (AvgIpc) is 2.93. The van der Waals surface area contributed by atoms with Crippen LogP contribution in [-0.4, -0.2) is 16.0 Å². The topological polar surface area (TPSA) is 57.5 Å². The molecule has 0 radical (unpaired) electrons. The van der Waals surface area contributed by atoms with E-state index in [1.54, 1.807) is 0 Å². The second kappa shape index (κ2) is 10.3. The van der Waals surface area contributed by atoms with Gasteiger partial charge in [0.1, 0.15) is 0 Å². The van der Waals surface area contributed by atoms with Crippen molar-refractivity contribution < 1.29 is 15.0 Å². The highest BCUT2D eigenvalue weighted by molar-refractivity contribution is 6.05. The number of benzene rings is 1. The van der Waals surface area contributed by atoms with Crippen molar-refractivity contribution in [2.45, 2.75) is 71.3 Å². The fourth-order valence-corrected chi connectivity index (χ4v) is 3.55. The van der Waals surface area contributed by atoms with Crippen LogP contribution >= 0.6 is 0 Å². The van der Waals surface area contributed by atoms with E-state index in [2.05, 4.69) is 26.0 Å². The zero-order valence-corrected chi connectivity index (χ0v) is 16.1. The number of carbonyl (C=O) groups is 1. The number of Topliss-reactive ketones (excluding diaryl/α,β-unsaturated/α-hetero) is 1. The van der Waals surface area contributed by atoms with Crippen molar-refractivity contribution in [1.82, 2.24) is 0 Å². The molecule has 26 heavy (non-hydrogen) atoms. The summed E-state index contributed by atoms with van der Waals surface area (Å²) in [6.07, 6.45) is 11.0. The first-order chi connectivity index (χ1) is 12.6. The maximum Gasteiger partial charge on any atom is 0.198 e. The molecule has 1 unspecified atom stereocenters. The lowest BCUT2D eigenvalue weighted by molar-refractivity contribution is -0.117. The van der Waals surface area contributed by atoms with Crippen molar-refractivity contribution in [3.8, 4) is 0 Å². The average molecular weight is 357 g/mol. The minimum Gasteiger partial charge on any atom is -0.504 e. The highest BCUT2D eigenvalue weighted by Crippen LogP contribution is 2.39. The molecule has 0 saturated carbocycles. The lowest BCUT2D eigenvalue weighted by atomic mass is 9.90. The molecule has 142 valence electrons. The number of ketones is 1. The van der Waals surface area contributed by atoms with E-state index in [4.69, 9.17) is 0 Å². The molecule has 2 rings (SSSR count). The molecule has 0 bridgehead atoms. The Balaban J connectivity index is 2.18. The van der Waals surface area contributed by atoms with Crippen molar-refractivity contribution in [3.05, 3.63) is 53.3 Å². The third-order valence-electron chi connectivity index (χ3n) is 5.07. The molecule has 0 aromatic heterocycles. The Labute approximate surface area is 157 Å². The Morgan fingerprint density at radius 3 is 2.73 bits per heavy atom. The Bertz CT molecular complexity index is 657. The summed E-state index contributed by atoms with van der Waals surface area (Å²) in [6.45, 7) is 4.28. The fraction of sp³-hybridized carbons (Fsp3) is 0.522. The Morgan fingerprint density at radius 1 is 1.19 bits per heavy atom. The summed E-state index contributed by atoms with van der Waals surface area (Å²) in [6, 6.07) is 7.68. The van der Waals surface area contributed by atoms with Gasteiger partial charge in [-0.25, -0.2) is 0 Å². The van der Waals surface area contributed by atoms with E-state index >= 15 is 0 Å². The SMILES string of the molecule is CCC/C=C\C[C@H]1CC(=O)C(O)=C1c1cccc(C(O)CCCCC)c1. The van der Waals surface area contributed by atoms with Gasteiger partial charge in [0, 0.05) is 12.0 Å². The Hall–Kier alpha value is -1.87. The molecular formula is C23H32O3. The highest BCUT2D eigenvalue weighted by atomic mass is 16.3. The molecule has 2 atom stereocenters. The monoisotopic (exact) mass is 356 g/mol. The van der Waals surface area contributed by atoms with Crippen LogP contribution in [0.25, 0.3) is 5.57 Å². The van der Waals surface area contributed by atoms with Crippen LogP contribution in [0.15, 0.2) is 42.2 Å². The summed E-state index contributed by atoms with van der Waals surface area (Å²) in [5.41, 5.74) is 2.45. The predicted molar refractivity (Wildman–Crippen MR) is 107 cm³/mol. The molecular weight excluding hydrogens is 324 g/mol. The van der Waals surface area contributed by atoms with Crippen molar-refractivity contribution >= 4 is 11.4 Å².